The maximum Gasteiger partial charge on any atom is 0.0168 e. The number of hydrogen-bond acceptors (Lipinski definition) is 2. The normalized spacial score (nSPS) is 39.0. The van der Waals surface area contributed by atoms with Crippen molar-refractivity contribution < 1.29 is 0 Å². The molecular formula is C7H16N2. The molecule has 0 unspecified atom stereocenters. The third kappa shape index (κ3) is 1.66. The second-order valence-electron chi connectivity index (χ2n) is 3.13. The van der Waals surface area contributed by atoms with Crippen molar-refractivity contribution in [3.05, 3.63) is 0 Å². The van der Waals surface area contributed by atoms with Crippen LogP contribution in [0.4, 0.5) is 0 Å². The van der Waals surface area contributed by atoms with E-state index in [1.165, 1.54) is 12.8 Å². The lowest BCUT2D eigenvalue weighted by Gasteiger charge is -2.33. The van der Waals surface area contributed by atoms with E-state index in [-0.39, 0.29) is 0 Å². The van der Waals surface area contributed by atoms with Gasteiger partial charge in [-0.15, -0.1) is 0 Å². The first kappa shape index (κ1) is 7.03. The van der Waals surface area contributed by atoms with Crippen molar-refractivity contribution in [3.63, 3.8) is 0 Å². The van der Waals surface area contributed by atoms with Crippen LogP contribution >= 0.6 is 0 Å². The van der Waals surface area contributed by atoms with E-state index in [0.29, 0.717) is 6.04 Å². The van der Waals surface area contributed by atoms with Gasteiger partial charge in [0.1, 0.15) is 0 Å². The van der Waals surface area contributed by atoms with Gasteiger partial charge < -0.3 is 10.6 Å². The molecule has 0 radical (unpaired) electrons. The molecule has 1 saturated heterocycles. The molecule has 0 saturated carbocycles. The zero-order valence-corrected chi connectivity index (χ0v) is 6.30. The quantitative estimate of drug-likeness (QED) is 0.512. The lowest BCUT2D eigenvalue weighted by atomic mass is 10.0. The second-order valence-corrected chi connectivity index (χ2v) is 3.13. The summed E-state index contributed by atoms with van der Waals surface area (Å²) in [5, 5.41) is 0. The SMILES string of the molecule is C[C@@H]1CC[C@@H](N)CN1C. The molecule has 1 aliphatic heterocycles. The zero-order valence-electron chi connectivity index (χ0n) is 6.30. The number of rotatable bonds is 0. The maximum absolute atomic E-state index is 5.75. The standard InChI is InChI=1S/C7H16N2/c1-6-3-4-7(8)5-9(6)2/h6-7H,3-5,8H2,1-2H3/t6-,7-/m1/s1. The van der Waals surface area contributed by atoms with Gasteiger partial charge in [-0.05, 0) is 26.8 Å². The summed E-state index contributed by atoms with van der Waals surface area (Å²) in [5.41, 5.74) is 5.75. The molecule has 1 aliphatic rings. The first-order valence-electron chi connectivity index (χ1n) is 3.66. The summed E-state index contributed by atoms with van der Waals surface area (Å²) < 4.78 is 0. The summed E-state index contributed by atoms with van der Waals surface area (Å²) in [4.78, 5) is 2.33. The number of likely N-dealkylation sites (tertiary alicyclic amines) is 1. The number of likely N-dealkylation sites (N-methyl/N-ethyl adjacent to an activating group) is 1. The second kappa shape index (κ2) is 2.67. The lowest BCUT2D eigenvalue weighted by Crippen LogP contribution is -2.45. The summed E-state index contributed by atoms with van der Waals surface area (Å²) in [7, 11) is 2.14. The van der Waals surface area contributed by atoms with E-state index in [9.17, 15) is 0 Å². The van der Waals surface area contributed by atoms with Crippen molar-refractivity contribution in [2.24, 2.45) is 5.73 Å². The summed E-state index contributed by atoms with van der Waals surface area (Å²) in [5.74, 6) is 0. The van der Waals surface area contributed by atoms with Gasteiger partial charge in [0.25, 0.3) is 0 Å². The Morgan fingerprint density at radius 1 is 1.44 bits per heavy atom. The molecular weight excluding hydrogens is 112 g/mol. The molecule has 0 bridgehead atoms. The first-order chi connectivity index (χ1) is 4.20. The van der Waals surface area contributed by atoms with E-state index in [4.69, 9.17) is 5.73 Å². The molecule has 2 atom stereocenters. The largest absolute Gasteiger partial charge is 0.327 e. The lowest BCUT2D eigenvalue weighted by molar-refractivity contribution is 0.182. The van der Waals surface area contributed by atoms with E-state index >= 15 is 0 Å². The molecule has 2 nitrogen and oxygen atoms in total. The molecule has 0 aromatic heterocycles. The number of hydrogen-bond donors (Lipinski definition) is 1. The minimum atomic E-state index is 0.422. The number of nitrogens with zero attached hydrogens (tertiary/aromatic N) is 1. The Labute approximate surface area is 57.0 Å². The molecule has 1 rings (SSSR count). The monoisotopic (exact) mass is 128 g/mol. The third-order valence-corrected chi connectivity index (χ3v) is 2.23. The van der Waals surface area contributed by atoms with Gasteiger partial charge in [0.2, 0.25) is 0 Å². The zero-order chi connectivity index (χ0) is 6.85. The Hall–Kier alpha value is -0.0800. The number of piperidine rings is 1. The maximum atomic E-state index is 5.75. The summed E-state index contributed by atoms with van der Waals surface area (Å²) in [6.07, 6.45) is 2.46. The fourth-order valence-electron chi connectivity index (χ4n) is 1.32. The Morgan fingerprint density at radius 2 is 2.11 bits per heavy atom. The van der Waals surface area contributed by atoms with Crippen molar-refractivity contribution in [3.8, 4) is 0 Å². The molecule has 2 N–H and O–H groups in total. The fraction of sp³-hybridized carbons (Fsp3) is 1.00. The first-order valence-corrected chi connectivity index (χ1v) is 3.66. The van der Waals surface area contributed by atoms with Crippen LogP contribution in [0.25, 0.3) is 0 Å². The van der Waals surface area contributed by atoms with Crippen molar-refractivity contribution in [2.75, 3.05) is 13.6 Å². The fourth-order valence-corrected chi connectivity index (χ4v) is 1.32. The molecule has 1 fully saturated rings. The number of nitrogens with two attached hydrogens (primary N) is 1. The van der Waals surface area contributed by atoms with Gasteiger partial charge in [-0.25, -0.2) is 0 Å². The van der Waals surface area contributed by atoms with Gasteiger partial charge in [0, 0.05) is 18.6 Å². The Morgan fingerprint density at radius 3 is 2.56 bits per heavy atom. The molecule has 0 aromatic rings. The highest BCUT2D eigenvalue weighted by atomic mass is 15.1. The molecule has 1 heterocycles. The van der Waals surface area contributed by atoms with E-state index in [1.54, 1.807) is 0 Å². The topological polar surface area (TPSA) is 29.3 Å². The van der Waals surface area contributed by atoms with Crippen molar-refractivity contribution in [1.82, 2.24) is 4.90 Å². The van der Waals surface area contributed by atoms with Gasteiger partial charge in [-0.3, -0.25) is 0 Å². The van der Waals surface area contributed by atoms with E-state index in [1.807, 2.05) is 0 Å². The minimum absolute atomic E-state index is 0.422. The Bertz CT molecular complexity index is 92.9. The minimum Gasteiger partial charge on any atom is -0.327 e. The van der Waals surface area contributed by atoms with Crippen LogP contribution in [-0.4, -0.2) is 30.6 Å². The smallest absolute Gasteiger partial charge is 0.0168 e. The van der Waals surface area contributed by atoms with Crippen LogP contribution in [0.3, 0.4) is 0 Å². The van der Waals surface area contributed by atoms with Gasteiger partial charge in [0.15, 0.2) is 0 Å². The third-order valence-electron chi connectivity index (χ3n) is 2.23. The van der Waals surface area contributed by atoms with Crippen LogP contribution in [0, 0.1) is 0 Å². The average molecular weight is 128 g/mol. The van der Waals surface area contributed by atoms with Crippen LogP contribution in [0.2, 0.25) is 0 Å². The predicted molar refractivity (Wildman–Crippen MR) is 39.3 cm³/mol. The van der Waals surface area contributed by atoms with Gasteiger partial charge in [0.05, 0.1) is 0 Å². The van der Waals surface area contributed by atoms with Crippen molar-refractivity contribution in [1.29, 1.82) is 0 Å². The van der Waals surface area contributed by atoms with E-state index in [0.717, 1.165) is 12.6 Å². The van der Waals surface area contributed by atoms with Crippen LogP contribution in [0.5, 0.6) is 0 Å². The Kier molecular flexibility index (Phi) is 2.09. The van der Waals surface area contributed by atoms with Gasteiger partial charge in [-0.2, -0.15) is 0 Å². The van der Waals surface area contributed by atoms with Gasteiger partial charge >= 0.3 is 0 Å². The molecule has 0 aliphatic carbocycles. The summed E-state index contributed by atoms with van der Waals surface area (Å²) in [6, 6.07) is 1.16. The molecule has 0 spiro atoms. The van der Waals surface area contributed by atoms with E-state index in [2.05, 4.69) is 18.9 Å². The van der Waals surface area contributed by atoms with Crippen LogP contribution < -0.4 is 5.73 Å². The summed E-state index contributed by atoms with van der Waals surface area (Å²) >= 11 is 0. The molecule has 54 valence electrons. The van der Waals surface area contributed by atoms with Crippen molar-refractivity contribution in [2.45, 2.75) is 31.8 Å². The van der Waals surface area contributed by atoms with E-state index < -0.39 is 0 Å². The average Bonchev–Trinajstić information content (AvgIpc) is 1.80. The summed E-state index contributed by atoms with van der Waals surface area (Å²) in [6.45, 7) is 3.33. The van der Waals surface area contributed by atoms with Crippen LogP contribution in [-0.2, 0) is 0 Å². The van der Waals surface area contributed by atoms with Crippen molar-refractivity contribution >= 4 is 0 Å². The molecule has 0 amide bonds. The van der Waals surface area contributed by atoms with Crippen LogP contribution in [0.15, 0.2) is 0 Å². The highest BCUT2D eigenvalue weighted by molar-refractivity contribution is 4.77. The van der Waals surface area contributed by atoms with Crippen LogP contribution in [0.1, 0.15) is 19.8 Å². The van der Waals surface area contributed by atoms with Gasteiger partial charge in [-0.1, -0.05) is 0 Å². The predicted octanol–water partition coefficient (Wildman–Crippen LogP) is 0.428. The molecule has 0 aromatic carbocycles. The highest BCUT2D eigenvalue weighted by Crippen LogP contribution is 2.12. The highest BCUT2D eigenvalue weighted by Gasteiger charge is 2.18. The molecule has 2 heteroatoms. The Balaban J connectivity index is 2.35. The molecule has 9 heavy (non-hydrogen) atoms.